The normalized spacial score (nSPS) is 31.4. The number of rotatable bonds is 5. The van der Waals surface area contributed by atoms with Crippen molar-refractivity contribution in [2.45, 2.75) is 44.9 Å². The van der Waals surface area contributed by atoms with Gasteiger partial charge in [0.2, 0.25) is 0 Å². The van der Waals surface area contributed by atoms with E-state index in [0.29, 0.717) is 12.1 Å². The molecule has 1 aliphatic rings. The van der Waals surface area contributed by atoms with E-state index in [1.165, 1.54) is 12.8 Å². The van der Waals surface area contributed by atoms with Crippen LogP contribution >= 0.6 is 0 Å². The van der Waals surface area contributed by atoms with Crippen LogP contribution in [0.1, 0.15) is 26.7 Å². The van der Waals surface area contributed by atoms with Gasteiger partial charge in [-0.05, 0) is 20.4 Å². The molecule has 2 N–H and O–H groups in total. The van der Waals surface area contributed by atoms with Crippen LogP contribution in [0.25, 0.3) is 0 Å². The molecule has 13 heavy (non-hydrogen) atoms. The number of aliphatic hydroxyl groups is 1. The Morgan fingerprint density at radius 2 is 2.31 bits per heavy atom. The van der Waals surface area contributed by atoms with E-state index in [1.54, 1.807) is 0 Å². The van der Waals surface area contributed by atoms with Crippen molar-refractivity contribution < 1.29 is 5.11 Å². The molecule has 1 fully saturated rings. The quantitative estimate of drug-likeness (QED) is 0.654. The van der Waals surface area contributed by atoms with Crippen LogP contribution in [0.4, 0.5) is 0 Å². The summed E-state index contributed by atoms with van der Waals surface area (Å²) in [6.07, 6.45) is 2.34. The van der Waals surface area contributed by atoms with E-state index in [0.717, 1.165) is 13.1 Å². The van der Waals surface area contributed by atoms with Crippen molar-refractivity contribution in [1.29, 1.82) is 0 Å². The zero-order valence-corrected chi connectivity index (χ0v) is 8.95. The fraction of sp³-hybridized carbons (Fsp3) is 1.00. The molecule has 1 rings (SSSR count). The number of nitrogens with one attached hydrogen (secondary N) is 1. The molecule has 0 unspecified atom stereocenters. The predicted molar refractivity (Wildman–Crippen MR) is 54.8 cm³/mol. The highest BCUT2D eigenvalue weighted by Gasteiger charge is 2.34. The lowest BCUT2D eigenvalue weighted by Gasteiger charge is -2.45. The first kappa shape index (κ1) is 11.0. The number of β-amino-alcohol motifs (C(OH)–C–C–N with tert-alkyl or cyclic N) is 1. The van der Waals surface area contributed by atoms with Gasteiger partial charge in [-0.2, -0.15) is 0 Å². The highest BCUT2D eigenvalue weighted by atomic mass is 16.3. The van der Waals surface area contributed by atoms with Gasteiger partial charge in [0.1, 0.15) is 0 Å². The molecule has 0 bridgehead atoms. The largest absolute Gasteiger partial charge is 0.390 e. The molecule has 1 saturated heterocycles. The molecule has 3 nitrogen and oxygen atoms in total. The van der Waals surface area contributed by atoms with Crippen molar-refractivity contribution >= 4 is 0 Å². The molecule has 0 aromatic rings. The molecule has 0 saturated carbocycles. The number of hydrogen-bond acceptors (Lipinski definition) is 3. The summed E-state index contributed by atoms with van der Waals surface area (Å²) in [5.74, 6) is 0. The van der Waals surface area contributed by atoms with Crippen molar-refractivity contribution in [3.8, 4) is 0 Å². The van der Waals surface area contributed by atoms with Gasteiger partial charge in [-0.1, -0.05) is 13.3 Å². The average Bonchev–Trinajstić information content (AvgIpc) is 2.15. The van der Waals surface area contributed by atoms with E-state index in [9.17, 15) is 5.11 Å². The van der Waals surface area contributed by atoms with E-state index in [1.807, 2.05) is 7.05 Å². The summed E-state index contributed by atoms with van der Waals surface area (Å²) in [4.78, 5) is 2.33. The Bertz CT molecular complexity index is 150. The van der Waals surface area contributed by atoms with Crippen LogP contribution < -0.4 is 5.32 Å². The van der Waals surface area contributed by atoms with Crippen molar-refractivity contribution in [2.24, 2.45) is 0 Å². The van der Waals surface area contributed by atoms with Crippen LogP contribution in [0.2, 0.25) is 0 Å². The summed E-state index contributed by atoms with van der Waals surface area (Å²) in [7, 11) is 2.02. The van der Waals surface area contributed by atoms with Crippen LogP contribution in [0, 0.1) is 0 Å². The number of likely N-dealkylation sites (N-methyl/N-ethyl adjacent to an activating group) is 1. The smallest absolute Gasteiger partial charge is 0.0819 e. The van der Waals surface area contributed by atoms with Gasteiger partial charge in [0, 0.05) is 25.2 Å². The number of likely N-dealkylation sites (tertiary alicyclic amines) is 1. The zero-order valence-electron chi connectivity index (χ0n) is 8.95. The van der Waals surface area contributed by atoms with Crippen molar-refractivity contribution in [2.75, 3.05) is 20.1 Å². The van der Waals surface area contributed by atoms with Crippen LogP contribution in [-0.4, -0.2) is 48.3 Å². The Morgan fingerprint density at radius 1 is 1.62 bits per heavy atom. The second-order valence-corrected chi connectivity index (χ2v) is 4.04. The fourth-order valence-corrected chi connectivity index (χ4v) is 1.86. The molecule has 0 aliphatic carbocycles. The Kier molecular flexibility index (Phi) is 4.16. The zero-order chi connectivity index (χ0) is 9.84. The third kappa shape index (κ3) is 2.66. The van der Waals surface area contributed by atoms with Crippen LogP contribution in [0.3, 0.4) is 0 Å². The monoisotopic (exact) mass is 186 g/mol. The van der Waals surface area contributed by atoms with Crippen LogP contribution in [0.15, 0.2) is 0 Å². The number of aliphatic hydroxyl groups excluding tert-OH is 1. The number of hydrogen-bond donors (Lipinski definition) is 2. The molecule has 3 heteroatoms. The molecular weight excluding hydrogens is 164 g/mol. The summed E-state index contributed by atoms with van der Waals surface area (Å²) in [6.45, 7) is 6.22. The SMILES string of the molecule is CCC[C@H](CN1C[C@H](O)[C@H]1C)NC. The van der Waals surface area contributed by atoms with Gasteiger partial charge in [0.05, 0.1) is 6.10 Å². The molecule has 0 spiro atoms. The fourth-order valence-electron chi connectivity index (χ4n) is 1.86. The molecular formula is C10H22N2O. The van der Waals surface area contributed by atoms with E-state index in [4.69, 9.17) is 0 Å². The summed E-state index contributed by atoms with van der Waals surface area (Å²) < 4.78 is 0. The van der Waals surface area contributed by atoms with Gasteiger partial charge in [-0.3, -0.25) is 4.90 Å². The number of nitrogens with zero attached hydrogens (tertiary/aromatic N) is 1. The molecule has 1 heterocycles. The highest BCUT2D eigenvalue weighted by Crippen LogP contribution is 2.18. The van der Waals surface area contributed by atoms with Crippen molar-refractivity contribution in [1.82, 2.24) is 10.2 Å². The summed E-state index contributed by atoms with van der Waals surface area (Å²) in [6, 6.07) is 0.938. The maximum atomic E-state index is 9.34. The van der Waals surface area contributed by atoms with Crippen molar-refractivity contribution in [3.05, 3.63) is 0 Å². The minimum absolute atomic E-state index is 0.0980. The maximum Gasteiger partial charge on any atom is 0.0819 e. The van der Waals surface area contributed by atoms with Crippen LogP contribution in [0.5, 0.6) is 0 Å². The maximum absolute atomic E-state index is 9.34. The minimum atomic E-state index is -0.0980. The van der Waals surface area contributed by atoms with E-state index < -0.39 is 0 Å². The summed E-state index contributed by atoms with van der Waals surface area (Å²) in [5.41, 5.74) is 0. The molecule has 1 aliphatic heterocycles. The van der Waals surface area contributed by atoms with Gasteiger partial charge in [-0.25, -0.2) is 0 Å². The Balaban J connectivity index is 2.23. The van der Waals surface area contributed by atoms with Gasteiger partial charge in [-0.15, -0.1) is 0 Å². The van der Waals surface area contributed by atoms with Gasteiger partial charge in [0.25, 0.3) is 0 Å². The summed E-state index contributed by atoms with van der Waals surface area (Å²) >= 11 is 0. The van der Waals surface area contributed by atoms with Crippen molar-refractivity contribution in [3.63, 3.8) is 0 Å². The molecule has 0 aromatic heterocycles. The average molecular weight is 186 g/mol. The van der Waals surface area contributed by atoms with Gasteiger partial charge < -0.3 is 10.4 Å². The second-order valence-electron chi connectivity index (χ2n) is 4.04. The Labute approximate surface area is 81.1 Å². The van der Waals surface area contributed by atoms with Gasteiger partial charge in [0.15, 0.2) is 0 Å². The first-order valence-electron chi connectivity index (χ1n) is 5.28. The molecule has 0 aromatic carbocycles. The lowest BCUT2D eigenvalue weighted by atomic mass is 9.99. The molecule has 78 valence electrons. The third-order valence-corrected chi connectivity index (χ3v) is 3.05. The molecule has 3 atom stereocenters. The van der Waals surface area contributed by atoms with Crippen LogP contribution in [-0.2, 0) is 0 Å². The molecule has 0 amide bonds. The van der Waals surface area contributed by atoms with Gasteiger partial charge >= 0.3 is 0 Å². The lowest BCUT2D eigenvalue weighted by molar-refractivity contribution is -0.0561. The highest BCUT2D eigenvalue weighted by molar-refractivity contribution is 4.90. The standard InChI is InChI=1S/C10H22N2O/c1-4-5-9(11-3)6-12-7-10(13)8(12)2/h8-11,13H,4-7H2,1-3H3/t8-,9-,10+/m1/s1. The molecule has 0 radical (unpaired) electrons. The Morgan fingerprint density at radius 3 is 2.69 bits per heavy atom. The lowest BCUT2D eigenvalue weighted by Crippen LogP contribution is -2.61. The van der Waals surface area contributed by atoms with E-state index in [2.05, 4.69) is 24.1 Å². The predicted octanol–water partition coefficient (Wildman–Crippen LogP) is 0.439. The topological polar surface area (TPSA) is 35.5 Å². The van der Waals surface area contributed by atoms with E-state index in [-0.39, 0.29) is 6.10 Å². The summed E-state index contributed by atoms with van der Waals surface area (Å²) in [5, 5.41) is 12.7. The first-order valence-corrected chi connectivity index (χ1v) is 5.28. The van der Waals surface area contributed by atoms with E-state index >= 15 is 0 Å². The second kappa shape index (κ2) is 4.94. The third-order valence-electron chi connectivity index (χ3n) is 3.05. The Hall–Kier alpha value is -0.120. The minimum Gasteiger partial charge on any atom is -0.390 e. The first-order chi connectivity index (χ1) is 6.19.